The zero-order chi connectivity index (χ0) is 28.4. The van der Waals surface area contributed by atoms with E-state index in [9.17, 15) is 14.4 Å². The second kappa shape index (κ2) is 14.0. The molecule has 7 nitrogen and oxygen atoms in total. The summed E-state index contributed by atoms with van der Waals surface area (Å²) in [6.07, 6.45) is 6.54. The number of rotatable bonds is 12. The minimum absolute atomic E-state index is 0.00147. The summed E-state index contributed by atoms with van der Waals surface area (Å²) >= 11 is 1.74. The summed E-state index contributed by atoms with van der Waals surface area (Å²) in [6.45, 7) is 8.86. The second-order valence-electron chi connectivity index (χ2n) is 10.0. The summed E-state index contributed by atoms with van der Waals surface area (Å²) in [5.74, 6) is 1.79. The number of nitrogens with one attached hydrogen (secondary N) is 1. The van der Waals surface area contributed by atoms with Crippen molar-refractivity contribution in [3.63, 3.8) is 0 Å². The van der Waals surface area contributed by atoms with Gasteiger partial charge in [-0.2, -0.15) is 11.8 Å². The number of benzene rings is 2. The number of carbonyl (C=O) groups excluding carboxylic acids is 3. The average Bonchev–Trinajstić information content (AvgIpc) is 2.89. The van der Waals surface area contributed by atoms with Crippen LogP contribution in [-0.2, 0) is 26.5 Å². The van der Waals surface area contributed by atoms with Crippen molar-refractivity contribution in [1.29, 1.82) is 0 Å². The molecule has 3 rings (SSSR count). The third kappa shape index (κ3) is 9.32. The van der Waals surface area contributed by atoms with Gasteiger partial charge in [0.1, 0.15) is 5.75 Å². The molecule has 0 saturated heterocycles. The largest absolute Gasteiger partial charge is 0.493 e. The maximum atomic E-state index is 13.0. The summed E-state index contributed by atoms with van der Waals surface area (Å²) < 4.78 is 16.9. The average molecular weight is 552 g/mol. The molecule has 1 aliphatic carbocycles. The quantitative estimate of drug-likeness (QED) is 0.314. The van der Waals surface area contributed by atoms with Gasteiger partial charge in [-0.1, -0.05) is 45.1 Å². The predicted octanol–water partition coefficient (Wildman–Crippen LogP) is 6.20. The summed E-state index contributed by atoms with van der Waals surface area (Å²) in [5.41, 5.74) is 2.84. The maximum absolute atomic E-state index is 13.0. The van der Waals surface area contributed by atoms with E-state index in [0.29, 0.717) is 54.6 Å². The van der Waals surface area contributed by atoms with Crippen LogP contribution in [0.5, 0.6) is 17.2 Å². The first kappa shape index (κ1) is 30.0. The number of ketones is 1. The van der Waals surface area contributed by atoms with E-state index >= 15 is 0 Å². The highest BCUT2D eigenvalue weighted by molar-refractivity contribution is 7.99. The number of thioether (sulfide) groups is 1. The fourth-order valence-electron chi connectivity index (χ4n) is 3.85. The summed E-state index contributed by atoms with van der Waals surface area (Å²) in [7, 11) is 1.56. The smallest absolute Gasteiger partial charge is 0.310 e. The maximum Gasteiger partial charge on any atom is 0.310 e. The molecule has 0 aromatic heterocycles. The van der Waals surface area contributed by atoms with Gasteiger partial charge in [0.05, 0.1) is 20.1 Å². The zero-order valence-corrected chi connectivity index (χ0v) is 24.1. The van der Waals surface area contributed by atoms with Crippen molar-refractivity contribution < 1.29 is 28.6 Å². The second-order valence-corrected chi connectivity index (χ2v) is 11.8. The SMILES string of the molecule is CCOC(=O)Cc1ccc(OC)c(Oc2ccc(C(=O)NCCC3=CC=CCC3=O)cc2CSC(C)(C)C)c1. The van der Waals surface area contributed by atoms with Crippen molar-refractivity contribution in [2.75, 3.05) is 20.3 Å². The van der Waals surface area contributed by atoms with Crippen LogP contribution < -0.4 is 14.8 Å². The number of Topliss-reactive ketones (excluding diaryl/α,β-unsaturated/α-hetero) is 1. The number of hydrogen-bond donors (Lipinski definition) is 1. The highest BCUT2D eigenvalue weighted by Crippen LogP contribution is 2.37. The molecule has 8 heteroatoms. The lowest BCUT2D eigenvalue weighted by Crippen LogP contribution is -2.25. The van der Waals surface area contributed by atoms with Crippen LogP contribution in [0.1, 0.15) is 62.0 Å². The summed E-state index contributed by atoms with van der Waals surface area (Å²) in [4.78, 5) is 36.9. The van der Waals surface area contributed by atoms with E-state index < -0.39 is 0 Å². The Labute approximate surface area is 235 Å². The van der Waals surface area contributed by atoms with E-state index in [1.54, 1.807) is 56.1 Å². The van der Waals surface area contributed by atoms with E-state index in [1.807, 2.05) is 24.3 Å². The Morgan fingerprint density at radius 3 is 2.51 bits per heavy atom. The van der Waals surface area contributed by atoms with Crippen molar-refractivity contribution >= 4 is 29.4 Å². The number of methoxy groups -OCH3 is 1. The number of amides is 1. The molecule has 2 aromatic rings. The van der Waals surface area contributed by atoms with E-state index in [1.165, 1.54) is 0 Å². The summed E-state index contributed by atoms with van der Waals surface area (Å²) in [6, 6.07) is 10.7. The highest BCUT2D eigenvalue weighted by atomic mass is 32.2. The molecule has 0 aliphatic heterocycles. The normalized spacial score (nSPS) is 13.1. The van der Waals surface area contributed by atoms with E-state index in [0.717, 1.165) is 16.7 Å². The first-order chi connectivity index (χ1) is 18.6. The Kier molecular flexibility index (Phi) is 10.8. The van der Waals surface area contributed by atoms with Crippen LogP contribution in [0.4, 0.5) is 0 Å². The molecular weight excluding hydrogens is 514 g/mol. The lowest BCUT2D eigenvalue weighted by molar-refractivity contribution is -0.142. The number of esters is 1. The van der Waals surface area contributed by atoms with Gasteiger partial charge < -0.3 is 19.5 Å². The molecule has 2 aromatic carbocycles. The van der Waals surface area contributed by atoms with Gasteiger partial charge in [-0.15, -0.1) is 0 Å². The molecule has 0 spiro atoms. The molecule has 39 heavy (non-hydrogen) atoms. The van der Waals surface area contributed by atoms with Gasteiger partial charge >= 0.3 is 5.97 Å². The van der Waals surface area contributed by atoms with Gasteiger partial charge in [-0.3, -0.25) is 14.4 Å². The van der Waals surface area contributed by atoms with E-state index in [4.69, 9.17) is 14.2 Å². The molecular formula is C31H37NO6S. The number of ether oxygens (including phenoxy) is 3. The number of carbonyl (C=O) groups is 3. The molecule has 0 unspecified atom stereocenters. The molecule has 208 valence electrons. The van der Waals surface area contributed by atoms with Crippen molar-refractivity contribution in [3.8, 4) is 17.2 Å². The zero-order valence-electron chi connectivity index (χ0n) is 23.3. The Morgan fingerprint density at radius 2 is 1.82 bits per heavy atom. The van der Waals surface area contributed by atoms with Crippen LogP contribution in [0, 0.1) is 0 Å². The van der Waals surface area contributed by atoms with Crippen molar-refractivity contribution in [1.82, 2.24) is 5.32 Å². The van der Waals surface area contributed by atoms with Gasteiger partial charge in [0.25, 0.3) is 5.91 Å². The highest BCUT2D eigenvalue weighted by Gasteiger charge is 2.18. The van der Waals surface area contributed by atoms with Crippen LogP contribution in [0.25, 0.3) is 0 Å². The monoisotopic (exact) mass is 551 g/mol. The van der Waals surface area contributed by atoms with Gasteiger partial charge in [0, 0.05) is 34.6 Å². The molecule has 0 saturated carbocycles. The minimum atomic E-state index is -0.313. The molecule has 1 N–H and O–H groups in total. The van der Waals surface area contributed by atoms with Crippen molar-refractivity contribution in [3.05, 3.63) is 76.9 Å². The van der Waals surface area contributed by atoms with Crippen molar-refractivity contribution in [2.45, 2.75) is 57.5 Å². The van der Waals surface area contributed by atoms with Crippen LogP contribution in [-0.4, -0.2) is 42.7 Å². The molecule has 0 radical (unpaired) electrons. The Balaban J connectivity index is 1.81. The molecule has 0 fully saturated rings. The Bertz CT molecular complexity index is 1260. The molecule has 0 heterocycles. The first-order valence-electron chi connectivity index (χ1n) is 13.0. The van der Waals surface area contributed by atoms with Gasteiger partial charge in [0.15, 0.2) is 17.3 Å². The first-order valence-corrected chi connectivity index (χ1v) is 14.0. The van der Waals surface area contributed by atoms with Crippen molar-refractivity contribution in [2.24, 2.45) is 0 Å². The Hall–Kier alpha value is -3.52. The van der Waals surface area contributed by atoms with Gasteiger partial charge in [-0.25, -0.2) is 0 Å². The lowest BCUT2D eigenvalue weighted by atomic mass is 10.0. The van der Waals surface area contributed by atoms with Gasteiger partial charge in [0.2, 0.25) is 0 Å². The van der Waals surface area contributed by atoms with Crippen LogP contribution in [0.15, 0.2) is 60.2 Å². The molecule has 0 atom stereocenters. The fraction of sp³-hybridized carbons (Fsp3) is 0.387. The third-order valence-corrected chi connectivity index (χ3v) is 7.18. The number of allylic oxidation sites excluding steroid dienone is 3. The minimum Gasteiger partial charge on any atom is -0.493 e. The third-order valence-electron chi connectivity index (χ3n) is 5.86. The molecule has 1 amide bonds. The van der Waals surface area contributed by atoms with Crippen LogP contribution >= 0.6 is 11.8 Å². The van der Waals surface area contributed by atoms with E-state index in [2.05, 4.69) is 26.1 Å². The van der Waals surface area contributed by atoms with Crippen LogP contribution in [0.3, 0.4) is 0 Å². The van der Waals surface area contributed by atoms with Gasteiger partial charge in [-0.05, 0) is 54.8 Å². The standard InChI is InChI=1S/C31H37NO6S/c1-6-37-29(34)18-21-11-13-27(36-5)28(17-21)38-26-14-12-23(19-24(26)20-39-31(2,3)4)30(35)32-16-15-22-9-7-8-10-25(22)33/h7-9,11-14,17,19H,6,10,15-16,18,20H2,1-5H3,(H,32,35). The molecule has 1 aliphatic rings. The number of hydrogen-bond acceptors (Lipinski definition) is 7. The lowest BCUT2D eigenvalue weighted by Gasteiger charge is -2.20. The topological polar surface area (TPSA) is 90.9 Å². The Morgan fingerprint density at radius 1 is 1.05 bits per heavy atom. The fourth-order valence-corrected chi connectivity index (χ4v) is 4.67. The summed E-state index contributed by atoms with van der Waals surface area (Å²) in [5, 5.41) is 2.92. The van der Waals surface area contributed by atoms with Crippen LogP contribution in [0.2, 0.25) is 0 Å². The predicted molar refractivity (Wildman–Crippen MR) is 155 cm³/mol. The molecule has 0 bridgehead atoms. The van der Waals surface area contributed by atoms with E-state index in [-0.39, 0.29) is 28.8 Å².